The van der Waals surface area contributed by atoms with Crippen molar-refractivity contribution in [2.24, 2.45) is 0 Å². The van der Waals surface area contributed by atoms with Gasteiger partial charge in [0, 0.05) is 17.0 Å². The van der Waals surface area contributed by atoms with Crippen LogP contribution in [-0.4, -0.2) is 5.11 Å². The SMILES string of the molecule is Cc1oc(C2CCCC2)c(CO)c1C(C)C. The highest BCUT2D eigenvalue weighted by Crippen LogP contribution is 2.40. The Labute approximate surface area is 97.7 Å². The van der Waals surface area contributed by atoms with Crippen molar-refractivity contribution in [3.05, 3.63) is 22.6 Å². The first-order chi connectivity index (χ1) is 7.65. The number of furan rings is 1. The van der Waals surface area contributed by atoms with Gasteiger partial charge < -0.3 is 9.52 Å². The van der Waals surface area contributed by atoms with Crippen LogP contribution in [-0.2, 0) is 6.61 Å². The Balaban J connectivity index is 2.41. The molecule has 0 radical (unpaired) electrons. The lowest BCUT2D eigenvalue weighted by molar-refractivity contribution is 0.275. The van der Waals surface area contributed by atoms with Gasteiger partial charge in [-0.25, -0.2) is 0 Å². The maximum Gasteiger partial charge on any atom is 0.113 e. The van der Waals surface area contributed by atoms with Crippen LogP contribution in [0, 0.1) is 6.92 Å². The van der Waals surface area contributed by atoms with E-state index >= 15 is 0 Å². The summed E-state index contributed by atoms with van der Waals surface area (Å²) in [4.78, 5) is 0. The summed E-state index contributed by atoms with van der Waals surface area (Å²) in [5.74, 6) is 3.05. The van der Waals surface area contributed by atoms with Crippen molar-refractivity contribution >= 4 is 0 Å². The molecule has 90 valence electrons. The Hall–Kier alpha value is -0.760. The van der Waals surface area contributed by atoms with Crippen LogP contribution < -0.4 is 0 Å². The number of rotatable bonds is 3. The van der Waals surface area contributed by atoms with Crippen molar-refractivity contribution < 1.29 is 9.52 Å². The van der Waals surface area contributed by atoms with Crippen molar-refractivity contribution in [1.82, 2.24) is 0 Å². The summed E-state index contributed by atoms with van der Waals surface area (Å²) < 4.78 is 5.92. The van der Waals surface area contributed by atoms with E-state index in [1.54, 1.807) is 0 Å². The normalized spacial score (nSPS) is 17.6. The predicted octanol–water partition coefficient (Wildman–Crippen LogP) is 3.86. The number of aliphatic hydroxyl groups is 1. The fraction of sp³-hybridized carbons (Fsp3) is 0.714. The standard InChI is InChI=1S/C14H22O2/c1-9(2)13-10(3)16-14(12(13)8-15)11-6-4-5-7-11/h9,11,15H,4-8H2,1-3H3. The van der Waals surface area contributed by atoms with Crippen LogP contribution in [0.25, 0.3) is 0 Å². The lowest BCUT2D eigenvalue weighted by Crippen LogP contribution is -1.99. The summed E-state index contributed by atoms with van der Waals surface area (Å²) in [6.07, 6.45) is 5.04. The molecule has 0 atom stereocenters. The molecule has 1 aliphatic rings. The van der Waals surface area contributed by atoms with E-state index < -0.39 is 0 Å². The summed E-state index contributed by atoms with van der Waals surface area (Å²) in [6, 6.07) is 0. The van der Waals surface area contributed by atoms with Gasteiger partial charge in [-0.1, -0.05) is 26.7 Å². The van der Waals surface area contributed by atoms with Gasteiger partial charge in [0.1, 0.15) is 11.5 Å². The van der Waals surface area contributed by atoms with Crippen LogP contribution >= 0.6 is 0 Å². The molecule has 1 fully saturated rings. The molecule has 0 unspecified atom stereocenters. The van der Waals surface area contributed by atoms with Crippen molar-refractivity contribution in [1.29, 1.82) is 0 Å². The van der Waals surface area contributed by atoms with E-state index in [1.807, 2.05) is 6.92 Å². The van der Waals surface area contributed by atoms with Crippen LogP contribution in [0.4, 0.5) is 0 Å². The smallest absolute Gasteiger partial charge is 0.113 e. The fourth-order valence-electron chi connectivity index (χ4n) is 3.06. The van der Waals surface area contributed by atoms with Crippen molar-refractivity contribution in [3.8, 4) is 0 Å². The minimum atomic E-state index is 0.122. The van der Waals surface area contributed by atoms with E-state index in [4.69, 9.17) is 4.42 Å². The van der Waals surface area contributed by atoms with Crippen LogP contribution in [0.1, 0.15) is 74.0 Å². The number of hydrogen-bond donors (Lipinski definition) is 1. The van der Waals surface area contributed by atoms with E-state index in [1.165, 1.54) is 31.2 Å². The van der Waals surface area contributed by atoms with Crippen LogP contribution in [0.3, 0.4) is 0 Å². The monoisotopic (exact) mass is 222 g/mol. The fourth-order valence-corrected chi connectivity index (χ4v) is 3.06. The first-order valence-corrected chi connectivity index (χ1v) is 6.38. The molecule has 0 bridgehead atoms. The quantitative estimate of drug-likeness (QED) is 0.842. The molecule has 1 saturated carbocycles. The molecule has 1 heterocycles. The number of hydrogen-bond acceptors (Lipinski definition) is 2. The molecule has 2 rings (SSSR count). The first kappa shape index (κ1) is 11.7. The van der Waals surface area contributed by atoms with E-state index in [2.05, 4.69) is 13.8 Å². The minimum Gasteiger partial charge on any atom is -0.465 e. The zero-order valence-electron chi connectivity index (χ0n) is 10.5. The highest BCUT2D eigenvalue weighted by Gasteiger charge is 2.27. The molecule has 0 aromatic carbocycles. The highest BCUT2D eigenvalue weighted by molar-refractivity contribution is 5.37. The van der Waals surface area contributed by atoms with Crippen molar-refractivity contribution in [2.45, 2.75) is 64.9 Å². The maximum absolute atomic E-state index is 9.56. The second kappa shape index (κ2) is 4.62. The average Bonchev–Trinajstić information content (AvgIpc) is 2.82. The third-order valence-corrected chi connectivity index (χ3v) is 3.73. The third-order valence-electron chi connectivity index (χ3n) is 3.73. The molecule has 0 saturated heterocycles. The second-order valence-electron chi connectivity index (χ2n) is 5.21. The van der Waals surface area contributed by atoms with Gasteiger partial charge in [-0.2, -0.15) is 0 Å². The molecular formula is C14H22O2. The molecule has 16 heavy (non-hydrogen) atoms. The van der Waals surface area contributed by atoms with Gasteiger partial charge in [0.15, 0.2) is 0 Å². The van der Waals surface area contributed by atoms with Gasteiger partial charge in [0.05, 0.1) is 6.61 Å². The van der Waals surface area contributed by atoms with Crippen molar-refractivity contribution in [2.75, 3.05) is 0 Å². The zero-order valence-corrected chi connectivity index (χ0v) is 10.5. The van der Waals surface area contributed by atoms with Crippen LogP contribution in [0.5, 0.6) is 0 Å². The second-order valence-corrected chi connectivity index (χ2v) is 5.21. The Morgan fingerprint density at radius 2 is 1.94 bits per heavy atom. The van der Waals surface area contributed by atoms with E-state index in [0.29, 0.717) is 11.8 Å². The highest BCUT2D eigenvalue weighted by atomic mass is 16.3. The first-order valence-electron chi connectivity index (χ1n) is 6.38. The van der Waals surface area contributed by atoms with E-state index in [0.717, 1.165) is 17.1 Å². The molecular weight excluding hydrogens is 200 g/mol. The van der Waals surface area contributed by atoms with Crippen molar-refractivity contribution in [3.63, 3.8) is 0 Å². The Morgan fingerprint density at radius 3 is 2.44 bits per heavy atom. The Kier molecular flexibility index (Phi) is 3.38. The van der Waals surface area contributed by atoms with Gasteiger partial charge in [-0.3, -0.25) is 0 Å². The molecule has 1 N–H and O–H groups in total. The average molecular weight is 222 g/mol. The zero-order chi connectivity index (χ0) is 11.7. The van der Waals surface area contributed by atoms with Gasteiger partial charge in [-0.05, 0) is 25.7 Å². The largest absolute Gasteiger partial charge is 0.465 e. The topological polar surface area (TPSA) is 33.4 Å². The van der Waals surface area contributed by atoms with Gasteiger partial charge >= 0.3 is 0 Å². The van der Waals surface area contributed by atoms with Gasteiger partial charge in [0.2, 0.25) is 0 Å². The van der Waals surface area contributed by atoms with Gasteiger partial charge in [-0.15, -0.1) is 0 Å². The summed E-state index contributed by atoms with van der Waals surface area (Å²) in [5, 5.41) is 9.56. The van der Waals surface area contributed by atoms with E-state index in [9.17, 15) is 5.11 Å². The molecule has 0 spiro atoms. The molecule has 2 heteroatoms. The molecule has 1 aromatic rings. The number of aryl methyl sites for hydroxylation is 1. The Morgan fingerprint density at radius 1 is 1.31 bits per heavy atom. The predicted molar refractivity (Wildman–Crippen MR) is 64.7 cm³/mol. The Bertz CT molecular complexity index is 357. The lowest BCUT2D eigenvalue weighted by Gasteiger charge is -2.09. The number of aliphatic hydroxyl groups excluding tert-OH is 1. The van der Waals surface area contributed by atoms with Crippen LogP contribution in [0.2, 0.25) is 0 Å². The molecule has 0 amide bonds. The van der Waals surface area contributed by atoms with E-state index in [-0.39, 0.29) is 6.61 Å². The molecule has 0 aliphatic heterocycles. The summed E-state index contributed by atoms with van der Waals surface area (Å²) in [6.45, 7) is 6.47. The molecule has 2 nitrogen and oxygen atoms in total. The lowest BCUT2D eigenvalue weighted by atomic mass is 9.94. The van der Waals surface area contributed by atoms with Gasteiger partial charge in [0.25, 0.3) is 0 Å². The summed E-state index contributed by atoms with van der Waals surface area (Å²) >= 11 is 0. The minimum absolute atomic E-state index is 0.122. The molecule has 1 aromatic heterocycles. The van der Waals surface area contributed by atoms with Crippen LogP contribution in [0.15, 0.2) is 4.42 Å². The third kappa shape index (κ3) is 1.91. The summed E-state index contributed by atoms with van der Waals surface area (Å²) in [7, 11) is 0. The molecule has 1 aliphatic carbocycles. The summed E-state index contributed by atoms with van der Waals surface area (Å²) in [5.41, 5.74) is 2.30. The maximum atomic E-state index is 9.56.